The van der Waals surface area contributed by atoms with Gasteiger partial charge in [0.25, 0.3) is 0 Å². The molecule has 0 heterocycles. The van der Waals surface area contributed by atoms with E-state index in [9.17, 15) is 4.79 Å². The molecule has 1 N–H and O–H groups in total. The zero-order valence-corrected chi connectivity index (χ0v) is 12.2. The molecule has 2 aromatic rings. The number of nitrogens with one attached hydrogen (secondary N) is 1. The van der Waals surface area contributed by atoms with E-state index in [0.717, 1.165) is 11.1 Å². The van der Waals surface area contributed by atoms with Crippen molar-refractivity contribution in [3.05, 3.63) is 71.3 Å². The van der Waals surface area contributed by atoms with Crippen molar-refractivity contribution in [1.82, 2.24) is 5.32 Å². The molecule has 0 radical (unpaired) electrons. The largest absolute Gasteiger partial charge is 0.345 e. The third-order valence-electron chi connectivity index (χ3n) is 3.10. The highest BCUT2D eigenvalue weighted by atomic mass is 16.1. The number of hydrogen-bond acceptors (Lipinski definition) is 2. The van der Waals surface area contributed by atoms with Crippen molar-refractivity contribution in [2.45, 2.75) is 12.8 Å². The number of nitrogens with zero attached hydrogens (tertiary/aromatic N) is 1. The van der Waals surface area contributed by atoms with Crippen LogP contribution in [0.1, 0.15) is 23.1 Å². The van der Waals surface area contributed by atoms with Crippen LogP contribution in [0, 0.1) is 23.2 Å². The van der Waals surface area contributed by atoms with Crippen molar-refractivity contribution in [3.63, 3.8) is 0 Å². The smallest absolute Gasteiger partial charge is 0.221 e. The molecule has 0 aliphatic rings. The standard InChI is InChI=1S/C19H16N2O/c20-15-18-10-8-17(9-11-18)12-13-19(22)21-14-4-7-16-5-2-1-3-6-16/h1-3,5-6,8-11H,12-14H2,(H,21,22). The van der Waals surface area contributed by atoms with E-state index in [0.29, 0.717) is 24.9 Å². The maximum absolute atomic E-state index is 11.7. The van der Waals surface area contributed by atoms with E-state index in [1.165, 1.54) is 0 Å². The van der Waals surface area contributed by atoms with Crippen LogP contribution in [0.4, 0.5) is 0 Å². The maximum atomic E-state index is 11.7. The van der Waals surface area contributed by atoms with Gasteiger partial charge in [-0.05, 0) is 36.2 Å². The number of nitriles is 1. The third kappa shape index (κ3) is 5.15. The Kier molecular flexibility index (Phi) is 5.79. The molecule has 2 rings (SSSR count). The number of hydrogen-bond donors (Lipinski definition) is 1. The lowest BCUT2D eigenvalue weighted by molar-refractivity contribution is -0.120. The Morgan fingerprint density at radius 2 is 1.73 bits per heavy atom. The highest BCUT2D eigenvalue weighted by molar-refractivity contribution is 5.76. The Hall–Kier alpha value is -3.04. The molecular weight excluding hydrogens is 272 g/mol. The normalized spacial score (nSPS) is 9.23. The molecular formula is C19H16N2O. The predicted molar refractivity (Wildman–Crippen MR) is 85.8 cm³/mol. The fourth-order valence-electron chi connectivity index (χ4n) is 1.90. The van der Waals surface area contributed by atoms with Crippen molar-refractivity contribution in [2.24, 2.45) is 0 Å². The van der Waals surface area contributed by atoms with Crippen LogP contribution in [0.5, 0.6) is 0 Å². The van der Waals surface area contributed by atoms with Crippen LogP contribution >= 0.6 is 0 Å². The van der Waals surface area contributed by atoms with E-state index >= 15 is 0 Å². The fourth-order valence-corrected chi connectivity index (χ4v) is 1.90. The summed E-state index contributed by atoms with van der Waals surface area (Å²) in [5.74, 6) is 5.90. The summed E-state index contributed by atoms with van der Waals surface area (Å²) in [6, 6.07) is 19.0. The fraction of sp³-hybridized carbons (Fsp3) is 0.158. The first-order valence-electron chi connectivity index (χ1n) is 7.07. The Balaban J connectivity index is 1.72. The van der Waals surface area contributed by atoms with Crippen LogP contribution in [-0.4, -0.2) is 12.5 Å². The molecule has 0 aliphatic heterocycles. The molecule has 0 atom stereocenters. The summed E-state index contributed by atoms with van der Waals surface area (Å²) in [6.45, 7) is 0.348. The van der Waals surface area contributed by atoms with Gasteiger partial charge in [0.2, 0.25) is 5.91 Å². The lowest BCUT2D eigenvalue weighted by Gasteiger charge is -2.02. The number of aryl methyl sites for hydroxylation is 1. The van der Waals surface area contributed by atoms with E-state index in [-0.39, 0.29) is 5.91 Å². The minimum Gasteiger partial charge on any atom is -0.345 e. The van der Waals surface area contributed by atoms with Gasteiger partial charge in [-0.15, -0.1) is 0 Å². The quantitative estimate of drug-likeness (QED) is 0.879. The molecule has 22 heavy (non-hydrogen) atoms. The van der Waals surface area contributed by atoms with Crippen molar-refractivity contribution < 1.29 is 4.79 Å². The Morgan fingerprint density at radius 3 is 2.41 bits per heavy atom. The van der Waals surface area contributed by atoms with Crippen molar-refractivity contribution in [3.8, 4) is 17.9 Å². The molecule has 2 aromatic carbocycles. The minimum absolute atomic E-state index is 0.0216. The maximum Gasteiger partial charge on any atom is 0.221 e. The van der Waals surface area contributed by atoms with Crippen molar-refractivity contribution >= 4 is 5.91 Å². The average Bonchev–Trinajstić information content (AvgIpc) is 2.58. The Bertz CT molecular complexity index is 716. The summed E-state index contributed by atoms with van der Waals surface area (Å²) in [5.41, 5.74) is 2.61. The molecule has 0 aromatic heterocycles. The molecule has 0 fully saturated rings. The minimum atomic E-state index is -0.0216. The first-order chi connectivity index (χ1) is 10.8. The zero-order valence-electron chi connectivity index (χ0n) is 12.2. The summed E-state index contributed by atoms with van der Waals surface area (Å²) < 4.78 is 0. The summed E-state index contributed by atoms with van der Waals surface area (Å²) in [4.78, 5) is 11.7. The second-order valence-electron chi connectivity index (χ2n) is 4.75. The van der Waals surface area contributed by atoms with Crippen LogP contribution in [0.2, 0.25) is 0 Å². The van der Waals surface area contributed by atoms with Crippen LogP contribution in [0.15, 0.2) is 54.6 Å². The second-order valence-corrected chi connectivity index (χ2v) is 4.75. The molecule has 0 aliphatic carbocycles. The van der Waals surface area contributed by atoms with E-state index in [1.54, 1.807) is 12.1 Å². The second kappa shape index (κ2) is 8.29. The molecule has 0 unspecified atom stereocenters. The molecule has 0 saturated heterocycles. The Morgan fingerprint density at radius 1 is 1.00 bits per heavy atom. The third-order valence-corrected chi connectivity index (χ3v) is 3.10. The number of carbonyl (C=O) groups is 1. The van der Waals surface area contributed by atoms with Gasteiger partial charge in [-0.3, -0.25) is 4.79 Å². The molecule has 0 bridgehead atoms. The molecule has 3 heteroatoms. The molecule has 0 spiro atoms. The number of amides is 1. The number of carbonyl (C=O) groups excluding carboxylic acids is 1. The summed E-state index contributed by atoms with van der Waals surface area (Å²) in [6.07, 6.45) is 1.07. The highest BCUT2D eigenvalue weighted by Gasteiger charge is 2.01. The first-order valence-corrected chi connectivity index (χ1v) is 7.07. The number of benzene rings is 2. The zero-order chi connectivity index (χ0) is 15.6. The molecule has 3 nitrogen and oxygen atoms in total. The summed E-state index contributed by atoms with van der Waals surface area (Å²) in [7, 11) is 0. The van der Waals surface area contributed by atoms with Crippen molar-refractivity contribution in [2.75, 3.05) is 6.54 Å². The van der Waals surface area contributed by atoms with Gasteiger partial charge in [0.05, 0.1) is 18.2 Å². The van der Waals surface area contributed by atoms with Gasteiger partial charge in [0.1, 0.15) is 0 Å². The molecule has 108 valence electrons. The van der Waals surface area contributed by atoms with E-state index in [1.807, 2.05) is 42.5 Å². The van der Waals surface area contributed by atoms with E-state index in [4.69, 9.17) is 5.26 Å². The monoisotopic (exact) mass is 288 g/mol. The van der Waals surface area contributed by atoms with Gasteiger partial charge in [-0.2, -0.15) is 5.26 Å². The van der Waals surface area contributed by atoms with Gasteiger partial charge < -0.3 is 5.32 Å². The highest BCUT2D eigenvalue weighted by Crippen LogP contribution is 2.05. The van der Waals surface area contributed by atoms with Crippen LogP contribution in [-0.2, 0) is 11.2 Å². The van der Waals surface area contributed by atoms with Gasteiger partial charge >= 0.3 is 0 Å². The van der Waals surface area contributed by atoms with Crippen LogP contribution in [0.25, 0.3) is 0 Å². The summed E-state index contributed by atoms with van der Waals surface area (Å²) in [5, 5.41) is 11.5. The van der Waals surface area contributed by atoms with Crippen LogP contribution < -0.4 is 5.32 Å². The molecule has 0 saturated carbocycles. The first kappa shape index (κ1) is 15.4. The average molecular weight is 288 g/mol. The SMILES string of the molecule is N#Cc1ccc(CCC(=O)NCC#Cc2ccccc2)cc1. The van der Waals surface area contributed by atoms with E-state index < -0.39 is 0 Å². The van der Waals surface area contributed by atoms with Gasteiger partial charge in [-0.25, -0.2) is 0 Å². The van der Waals surface area contributed by atoms with Gasteiger partial charge in [0.15, 0.2) is 0 Å². The number of rotatable bonds is 4. The van der Waals surface area contributed by atoms with Crippen molar-refractivity contribution in [1.29, 1.82) is 5.26 Å². The Labute approximate surface area is 130 Å². The van der Waals surface area contributed by atoms with E-state index in [2.05, 4.69) is 23.2 Å². The predicted octanol–water partition coefficient (Wildman–Crippen LogP) is 2.66. The lowest BCUT2D eigenvalue weighted by Crippen LogP contribution is -2.23. The summed E-state index contributed by atoms with van der Waals surface area (Å²) >= 11 is 0. The topological polar surface area (TPSA) is 52.9 Å². The van der Waals surface area contributed by atoms with Gasteiger partial charge in [-0.1, -0.05) is 42.2 Å². The van der Waals surface area contributed by atoms with Crippen LogP contribution in [0.3, 0.4) is 0 Å². The lowest BCUT2D eigenvalue weighted by atomic mass is 10.1. The molecule has 1 amide bonds. The van der Waals surface area contributed by atoms with Gasteiger partial charge in [0, 0.05) is 12.0 Å².